The first kappa shape index (κ1) is 8.50. The third kappa shape index (κ3) is 0.774. The topological polar surface area (TPSA) is 0 Å². The molecule has 1 heterocycles. The maximum absolute atomic E-state index is 2.50. The van der Waals surface area contributed by atoms with Crippen LogP contribution >= 0.6 is 11.8 Å². The molecular formula is C13H20S. The predicted octanol–water partition coefficient (Wildman–Crippen LogP) is 3.71. The Balaban J connectivity index is 1.76. The second kappa shape index (κ2) is 2.21. The van der Waals surface area contributed by atoms with Crippen molar-refractivity contribution in [3.63, 3.8) is 0 Å². The van der Waals surface area contributed by atoms with Crippen LogP contribution in [0.15, 0.2) is 0 Å². The zero-order valence-corrected chi connectivity index (χ0v) is 10.1. The van der Waals surface area contributed by atoms with Crippen molar-refractivity contribution in [1.29, 1.82) is 0 Å². The van der Waals surface area contributed by atoms with Gasteiger partial charge in [0, 0.05) is 9.49 Å². The molecule has 1 heteroatoms. The van der Waals surface area contributed by atoms with Crippen LogP contribution in [0.25, 0.3) is 0 Å². The molecule has 1 saturated heterocycles. The number of hydrogen-bond acceptors (Lipinski definition) is 1. The third-order valence-electron chi connectivity index (χ3n) is 5.67. The number of thioether (sulfide) groups is 1. The molecule has 0 radical (unpaired) electrons. The molecule has 78 valence electrons. The lowest BCUT2D eigenvalue weighted by molar-refractivity contribution is -0.0107. The summed E-state index contributed by atoms with van der Waals surface area (Å²) >= 11 is 2.33. The highest BCUT2D eigenvalue weighted by atomic mass is 32.2. The van der Waals surface area contributed by atoms with E-state index in [0.717, 1.165) is 28.4 Å². The van der Waals surface area contributed by atoms with Gasteiger partial charge in [-0.3, -0.25) is 0 Å². The Hall–Kier alpha value is 0.350. The fraction of sp³-hybridized carbons (Fsp3) is 1.00. The van der Waals surface area contributed by atoms with Crippen LogP contribution in [0.2, 0.25) is 0 Å². The number of hydrogen-bond donors (Lipinski definition) is 0. The summed E-state index contributed by atoms with van der Waals surface area (Å²) in [5.74, 6) is 4.50. The summed E-state index contributed by atoms with van der Waals surface area (Å²) in [7, 11) is 0. The zero-order valence-electron chi connectivity index (χ0n) is 9.25. The first-order chi connectivity index (χ1) is 6.62. The molecule has 14 heavy (non-hydrogen) atoms. The minimum Gasteiger partial charge on any atom is -0.145 e. The fourth-order valence-corrected chi connectivity index (χ4v) is 7.28. The molecule has 0 amide bonds. The summed E-state index contributed by atoms with van der Waals surface area (Å²) in [5, 5.41) is 0. The van der Waals surface area contributed by atoms with E-state index in [1.807, 2.05) is 0 Å². The smallest absolute Gasteiger partial charge is 0.0364 e. The Labute approximate surface area is 91.2 Å². The molecule has 1 spiro atoms. The Bertz CT molecular complexity index is 264. The van der Waals surface area contributed by atoms with Gasteiger partial charge in [-0.05, 0) is 69.6 Å². The van der Waals surface area contributed by atoms with Crippen molar-refractivity contribution < 1.29 is 0 Å². The van der Waals surface area contributed by atoms with Gasteiger partial charge in [-0.2, -0.15) is 0 Å². The van der Waals surface area contributed by atoms with E-state index in [1.165, 1.54) is 0 Å². The molecule has 0 aromatic carbocycles. The first-order valence-electron chi connectivity index (χ1n) is 6.32. The van der Waals surface area contributed by atoms with Crippen LogP contribution < -0.4 is 0 Å². The van der Waals surface area contributed by atoms with E-state index >= 15 is 0 Å². The van der Waals surface area contributed by atoms with Crippen LogP contribution in [0.1, 0.15) is 46.0 Å². The summed E-state index contributed by atoms with van der Waals surface area (Å²) < 4.78 is 1.40. The van der Waals surface area contributed by atoms with Crippen molar-refractivity contribution in [2.45, 2.75) is 55.4 Å². The van der Waals surface area contributed by atoms with E-state index in [9.17, 15) is 0 Å². The average Bonchev–Trinajstić information content (AvgIpc) is 2.65. The fourth-order valence-electron chi connectivity index (χ4n) is 5.43. The lowest BCUT2D eigenvalue weighted by Crippen LogP contribution is -2.52. The van der Waals surface area contributed by atoms with Gasteiger partial charge in [-0.1, -0.05) is 0 Å². The zero-order chi connectivity index (χ0) is 9.55. The molecule has 0 N–H and O–H groups in total. The first-order valence-corrected chi connectivity index (χ1v) is 7.13. The van der Waals surface area contributed by atoms with Crippen molar-refractivity contribution in [2.24, 2.45) is 23.7 Å². The summed E-state index contributed by atoms with van der Waals surface area (Å²) in [6.07, 6.45) is 7.94. The normalized spacial score (nSPS) is 62.1. The second-order valence-electron chi connectivity index (χ2n) is 6.71. The van der Waals surface area contributed by atoms with Crippen molar-refractivity contribution in [1.82, 2.24) is 0 Å². The molecule has 0 unspecified atom stereocenters. The Morgan fingerprint density at radius 1 is 0.857 bits per heavy atom. The van der Waals surface area contributed by atoms with E-state index in [0.29, 0.717) is 4.75 Å². The highest BCUT2D eigenvalue weighted by molar-refractivity contribution is 8.09. The second-order valence-corrected chi connectivity index (χ2v) is 8.61. The third-order valence-corrected chi connectivity index (χ3v) is 7.83. The summed E-state index contributed by atoms with van der Waals surface area (Å²) in [6, 6.07) is 0. The summed E-state index contributed by atoms with van der Waals surface area (Å²) in [6.45, 7) is 5.00. The Morgan fingerprint density at radius 2 is 1.29 bits per heavy atom. The van der Waals surface area contributed by atoms with Crippen LogP contribution in [0.5, 0.6) is 0 Å². The Morgan fingerprint density at radius 3 is 1.64 bits per heavy atom. The molecule has 1 aliphatic heterocycles. The minimum atomic E-state index is 0.635. The van der Waals surface area contributed by atoms with Crippen molar-refractivity contribution in [3.05, 3.63) is 0 Å². The highest BCUT2D eigenvalue weighted by Gasteiger charge is 2.73. The van der Waals surface area contributed by atoms with Crippen molar-refractivity contribution >= 4 is 11.8 Å². The van der Waals surface area contributed by atoms with Crippen LogP contribution in [0, 0.1) is 23.7 Å². The van der Waals surface area contributed by atoms with Crippen LogP contribution in [-0.2, 0) is 0 Å². The lowest BCUT2D eigenvalue weighted by Gasteiger charge is -2.55. The molecule has 5 rings (SSSR count). The van der Waals surface area contributed by atoms with Crippen LogP contribution in [0.4, 0.5) is 0 Å². The predicted molar refractivity (Wildman–Crippen MR) is 61.4 cm³/mol. The van der Waals surface area contributed by atoms with Gasteiger partial charge in [0.25, 0.3) is 0 Å². The molecule has 4 aliphatic carbocycles. The van der Waals surface area contributed by atoms with Crippen LogP contribution in [-0.4, -0.2) is 9.49 Å². The standard InChI is InChI=1S/C13H20S/c1-12(2)13(14-12)10-4-8-3-9(6-10)7-11(13)5-8/h8-11H,3-7H2,1-2H3. The Kier molecular flexibility index (Phi) is 1.34. The molecule has 5 aliphatic rings. The van der Waals surface area contributed by atoms with Gasteiger partial charge in [-0.15, -0.1) is 11.8 Å². The molecule has 0 aromatic heterocycles. The number of rotatable bonds is 0. The quantitative estimate of drug-likeness (QED) is 0.547. The minimum absolute atomic E-state index is 0.635. The van der Waals surface area contributed by atoms with Gasteiger partial charge in [0.2, 0.25) is 0 Å². The maximum Gasteiger partial charge on any atom is 0.0364 e. The van der Waals surface area contributed by atoms with Gasteiger partial charge in [-0.25, -0.2) is 0 Å². The summed E-state index contributed by atoms with van der Waals surface area (Å²) in [4.78, 5) is 0. The van der Waals surface area contributed by atoms with E-state index in [4.69, 9.17) is 0 Å². The molecule has 5 fully saturated rings. The largest absolute Gasteiger partial charge is 0.145 e. The SMILES string of the molecule is CC1(C)SC12C1CC3CC(C1)CC2C3. The van der Waals surface area contributed by atoms with Crippen molar-refractivity contribution in [3.8, 4) is 0 Å². The average molecular weight is 208 g/mol. The molecule has 4 saturated carbocycles. The molecule has 0 nitrogen and oxygen atoms in total. The van der Waals surface area contributed by atoms with Gasteiger partial charge in [0.15, 0.2) is 0 Å². The monoisotopic (exact) mass is 208 g/mol. The van der Waals surface area contributed by atoms with E-state index < -0.39 is 0 Å². The van der Waals surface area contributed by atoms with Gasteiger partial charge >= 0.3 is 0 Å². The van der Waals surface area contributed by atoms with Crippen molar-refractivity contribution in [2.75, 3.05) is 0 Å². The summed E-state index contributed by atoms with van der Waals surface area (Å²) in [5.41, 5.74) is 0. The van der Waals surface area contributed by atoms with Gasteiger partial charge in [0.05, 0.1) is 0 Å². The van der Waals surface area contributed by atoms with E-state index in [2.05, 4.69) is 25.6 Å². The maximum atomic E-state index is 2.50. The highest BCUT2D eigenvalue weighted by Crippen LogP contribution is 2.79. The van der Waals surface area contributed by atoms with Crippen LogP contribution in [0.3, 0.4) is 0 Å². The van der Waals surface area contributed by atoms with Gasteiger partial charge < -0.3 is 0 Å². The molecule has 0 atom stereocenters. The lowest BCUT2D eigenvalue weighted by atomic mass is 9.50. The molecular weight excluding hydrogens is 188 g/mol. The van der Waals surface area contributed by atoms with E-state index in [1.54, 1.807) is 32.1 Å². The molecule has 4 bridgehead atoms. The van der Waals surface area contributed by atoms with Gasteiger partial charge in [0.1, 0.15) is 0 Å². The van der Waals surface area contributed by atoms with E-state index in [-0.39, 0.29) is 0 Å². The molecule has 0 aromatic rings.